The fourth-order valence-corrected chi connectivity index (χ4v) is 1.96. The lowest BCUT2D eigenvalue weighted by Crippen LogP contribution is -2.10. The lowest BCUT2D eigenvalue weighted by atomic mass is 9.93. The van der Waals surface area contributed by atoms with Crippen LogP contribution in [0.5, 0.6) is 0 Å². The highest BCUT2D eigenvalue weighted by Crippen LogP contribution is 2.26. The van der Waals surface area contributed by atoms with Crippen LogP contribution in [-0.4, -0.2) is 16.1 Å². The molecule has 0 aliphatic heterocycles. The molecule has 0 aliphatic carbocycles. The van der Waals surface area contributed by atoms with E-state index in [1.807, 2.05) is 37.3 Å². The zero-order valence-electron chi connectivity index (χ0n) is 9.05. The Morgan fingerprint density at radius 3 is 2.88 bits per heavy atom. The normalized spacial score (nSPS) is 12.6. The first kappa shape index (κ1) is 10.6. The van der Waals surface area contributed by atoms with Crippen LogP contribution < -0.4 is 0 Å². The van der Waals surface area contributed by atoms with Crippen molar-refractivity contribution in [3.05, 3.63) is 42.1 Å². The monoisotopic (exact) mass is 215 g/mol. The highest BCUT2D eigenvalue weighted by atomic mass is 16.4. The molecule has 1 unspecified atom stereocenters. The molecule has 1 heterocycles. The van der Waals surface area contributed by atoms with Crippen molar-refractivity contribution in [1.82, 2.24) is 4.98 Å². The Labute approximate surface area is 93.7 Å². The molecule has 1 N–H and O–H groups in total. The molecule has 16 heavy (non-hydrogen) atoms. The summed E-state index contributed by atoms with van der Waals surface area (Å²) in [6.07, 6.45) is 2.30. The van der Waals surface area contributed by atoms with Crippen LogP contribution >= 0.6 is 0 Å². The van der Waals surface area contributed by atoms with Gasteiger partial charge < -0.3 is 5.11 Å². The Kier molecular flexibility index (Phi) is 2.86. The van der Waals surface area contributed by atoms with E-state index in [4.69, 9.17) is 5.11 Å². The Hall–Kier alpha value is -1.90. The number of fused-ring (bicyclic) bond motifs is 1. The molecule has 0 aliphatic rings. The molecule has 0 fully saturated rings. The molecule has 0 radical (unpaired) electrons. The molecule has 1 atom stereocenters. The summed E-state index contributed by atoms with van der Waals surface area (Å²) in [7, 11) is 0. The first-order valence-electron chi connectivity index (χ1n) is 5.30. The van der Waals surface area contributed by atoms with Crippen molar-refractivity contribution in [2.45, 2.75) is 19.3 Å². The predicted octanol–water partition coefficient (Wildman–Crippen LogP) is 2.81. The van der Waals surface area contributed by atoms with Crippen molar-refractivity contribution in [1.29, 1.82) is 0 Å². The van der Waals surface area contributed by atoms with Gasteiger partial charge in [-0.3, -0.25) is 9.78 Å². The van der Waals surface area contributed by atoms with E-state index < -0.39 is 11.9 Å². The quantitative estimate of drug-likeness (QED) is 0.856. The molecule has 2 aromatic rings. The largest absolute Gasteiger partial charge is 0.481 e. The summed E-state index contributed by atoms with van der Waals surface area (Å²) in [6, 6.07) is 9.37. The molecule has 3 heteroatoms. The molecular formula is C13H13NO2. The van der Waals surface area contributed by atoms with Crippen molar-refractivity contribution < 1.29 is 9.90 Å². The third kappa shape index (κ3) is 1.76. The van der Waals surface area contributed by atoms with Gasteiger partial charge in [0.2, 0.25) is 0 Å². The number of carbonyl (C=O) groups is 1. The number of benzene rings is 1. The minimum absolute atomic E-state index is 0.451. The summed E-state index contributed by atoms with van der Waals surface area (Å²) in [5.74, 6) is -1.23. The van der Waals surface area contributed by atoms with Gasteiger partial charge in [0.05, 0.1) is 11.4 Å². The first-order valence-corrected chi connectivity index (χ1v) is 5.30. The van der Waals surface area contributed by atoms with Gasteiger partial charge in [0.15, 0.2) is 0 Å². The van der Waals surface area contributed by atoms with Crippen LogP contribution in [0.4, 0.5) is 0 Å². The highest BCUT2D eigenvalue weighted by molar-refractivity contribution is 5.88. The number of pyridine rings is 1. The Morgan fingerprint density at radius 1 is 1.38 bits per heavy atom. The van der Waals surface area contributed by atoms with Crippen molar-refractivity contribution in [3.63, 3.8) is 0 Å². The number of hydrogen-bond acceptors (Lipinski definition) is 2. The van der Waals surface area contributed by atoms with Gasteiger partial charge in [-0.1, -0.05) is 25.1 Å². The molecule has 0 amide bonds. The minimum Gasteiger partial charge on any atom is -0.481 e. The van der Waals surface area contributed by atoms with Crippen LogP contribution in [0.1, 0.15) is 24.8 Å². The molecule has 0 spiro atoms. The summed E-state index contributed by atoms with van der Waals surface area (Å²) >= 11 is 0. The maximum absolute atomic E-state index is 11.2. The lowest BCUT2D eigenvalue weighted by molar-refractivity contribution is -0.138. The fraction of sp³-hybridized carbons (Fsp3) is 0.231. The van der Waals surface area contributed by atoms with Crippen molar-refractivity contribution in [2.75, 3.05) is 0 Å². The van der Waals surface area contributed by atoms with Crippen LogP contribution in [0.3, 0.4) is 0 Å². The van der Waals surface area contributed by atoms with E-state index >= 15 is 0 Å². The summed E-state index contributed by atoms with van der Waals surface area (Å²) in [6.45, 7) is 1.88. The first-order chi connectivity index (χ1) is 7.74. The molecule has 1 aromatic heterocycles. The third-order valence-corrected chi connectivity index (χ3v) is 2.76. The number of hydrogen-bond donors (Lipinski definition) is 1. The minimum atomic E-state index is -0.779. The average Bonchev–Trinajstić information content (AvgIpc) is 2.30. The van der Waals surface area contributed by atoms with Crippen LogP contribution in [0, 0.1) is 0 Å². The number of aromatic nitrogens is 1. The highest BCUT2D eigenvalue weighted by Gasteiger charge is 2.19. The second-order valence-electron chi connectivity index (χ2n) is 3.72. The molecule has 2 rings (SSSR count). The van der Waals surface area contributed by atoms with Crippen LogP contribution in [0.25, 0.3) is 10.9 Å². The molecular weight excluding hydrogens is 202 g/mol. The number of aliphatic carboxylic acids is 1. The number of carboxylic acids is 1. The van der Waals surface area contributed by atoms with E-state index in [1.165, 1.54) is 0 Å². The summed E-state index contributed by atoms with van der Waals surface area (Å²) < 4.78 is 0. The summed E-state index contributed by atoms with van der Waals surface area (Å²) in [5, 5.41) is 10.1. The van der Waals surface area contributed by atoms with Crippen LogP contribution in [-0.2, 0) is 4.79 Å². The third-order valence-electron chi connectivity index (χ3n) is 2.76. The Balaban J connectivity index is 2.63. The Bertz CT molecular complexity index is 517. The average molecular weight is 215 g/mol. The summed E-state index contributed by atoms with van der Waals surface area (Å²) in [4.78, 5) is 15.4. The maximum atomic E-state index is 11.2. The van der Waals surface area contributed by atoms with Crippen LogP contribution in [0.2, 0.25) is 0 Å². The van der Waals surface area contributed by atoms with Gasteiger partial charge in [-0.05, 0) is 24.1 Å². The molecule has 0 bridgehead atoms. The number of nitrogens with zero attached hydrogens (tertiary/aromatic N) is 1. The number of rotatable bonds is 3. The maximum Gasteiger partial charge on any atom is 0.310 e. The van der Waals surface area contributed by atoms with E-state index in [2.05, 4.69) is 4.98 Å². The topological polar surface area (TPSA) is 50.2 Å². The van der Waals surface area contributed by atoms with Crippen molar-refractivity contribution in [2.24, 2.45) is 0 Å². The molecule has 1 aromatic carbocycles. The van der Waals surface area contributed by atoms with Crippen molar-refractivity contribution >= 4 is 16.9 Å². The lowest BCUT2D eigenvalue weighted by Gasteiger charge is -2.12. The SMILES string of the molecule is CCC(C(=O)O)c1cccc2ncccc12. The van der Waals surface area contributed by atoms with Gasteiger partial charge in [0, 0.05) is 11.6 Å². The molecule has 0 saturated carbocycles. The van der Waals surface area contributed by atoms with E-state index in [-0.39, 0.29) is 0 Å². The fourth-order valence-electron chi connectivity index (χ4n) is 1.96. The second-order valence-corrected chi connectivity index (χ2v) is 3.72. The molecule has 3 nitrogen and oxygen atoms in total. The van der Waals surface area contributed by atoms with Gasteiger partial charge in [-0.2, -0.15) is 0 Å². The number of carboxylic acid groups (broad SMARTS) is 1. The van der Waals surface area contributed by atoms with Crippen molar-refractivity contribution in [3.8, 4) is 0 Å². The zero-order chi connectivity index (χ0) is 11.5. The Morgan fingerprint density at radius 2 is 2.19 bits per heavy atom. The zero-order valence-corrected chi connectivity index (χ0v) is 9.05. The standard InChI is InChI=1S/C13H13NO2/c1-2-9(13(15)16)10-5-3-7-12-11(10)6-4-8-14-12/h3-9H,2H2,1H3,(H,15,16). The van der Waals surface area contributed by atoms with E-state index in [0.29, 0.717) is 6.42 Å². The van der Waals surface area contributed by atoms with Gasteiger partial charge in [0.25, 0.3) is 0 Å². The molecule has 0 saturated heterocycles. The van der Waals surface area contributed by atoms with Crippen LogP contribution in [0.15, 0.2) is 36.5 Å². The van der Waals surface area contributed by atoms with Gasteiger partial charge in [-0.15, -0.1) is 0 Å². The van der Waals surface area contributed by atoms with Gasteiger partial charge in [-0.25, -0.2) is 0 Å². The smallest absolute Gasteiger partial charge is 0.310 e. The van der Waals surface area contributed by atoms with Gasteiger partial charge >= 0.3 is 5.97 Å². The predicted molar refractivity (Wildman–Crippen MR) is 62.4 cm³/mol. The van der Waals surface area contributed by atoms with E-state index in [1.54, 1.807) is 6.20 Å². The second kappa shape index (κ2) is 4.31. The van der Waals surface area contributed by atoms with E-state index in [0.717, 1.165) is 16.5 Å². The van der Waals surface area contributed by atoms with E-state index in [9.17, 15) is 4.79 Å². The molecule has 82 valence electrons. The van der Waals surface area contributed by atoms with Gasteiger partial charge in [0.1, 0.15) is 0 Å². The summed E-state index contributed by atoms with van der Waals surface area (Å²) in [5.41, 5.74) is 1.69.